The number of sulfonamides is 1. The average Bonchev–Trinajstić information content (AvgIpc) is 2.89. The molecule has 0 heterocycles. The Hall–Kier alpha value is -2.34. The van der Waals surface area contributed by atoms with Crippen molar-refractivity contribution >= 4 is 10.0 Å². The third-order valence-electron chi connectivity index (χ3n) is 6.06. The number of rotatable bonds is 7. The van der Waals surface area contributed by atoms with E-state index in [1.54, 1.807) is 24.3 Å². The van der Waals surface area contributed by atoms with Crippen molar-refractivity contribution < 1.29 is 40.3 Å². The van der Waals surface area contributed by atoms with Crippen molar-refractivity contribution in [2.75, 3.05) is 0 Å². The van der Waals surface area contributed by atoms with Gasteiger partial charge in [-0.1, -0.05) is 122 Å². The Morgan fingerprint density at radius 2 is 1.05 bits per heavy atom. The zero-order valence-electron chi connectivity index (χ0n) is 22.2. The normalized spacial score (nSPS) is 12.3. The van der Waals surface area contributed by atoms with Crippen molar-refractivity contribution in [3.8, 4) is 0 Å². The van der Waals surface area contributed by atoms with Crippen LogP contribution >= 0.6 is 0 Å². The molecule has 7 heteroatoms. The molecule has 4 aromatic rings. The van der Waals surface area contributed by atoms with Crippen molar-refractivity contribution in [3.05, 3.63) is 137 Å². The van der Waals surface area contributed by atoms with Crippen LogP contribution in [-0.4, -0.2) is 8.42 Å². The van der Waals surface area contributed by atoms with Crippen LogP contribution in [0.3, 0.4) is 0 Å². The molecule has 4 nitrogen and oxygen atoms in total. The number of aryl methyl sites for hydroxylation is 2. The summed E-state index contributed by atoms with van der Waals surface area (Å²) in [7, 11) is -3.71. The predicted octanol–water partition coefficient (Wildman–Crippen LogP) is 3.83. The van der Waals surface area contributed by atoms with E-state index < -0.39 is 22.1 Å². The Balaban J connectivity index is 0.000000511. The summed E-state index contributed by atoms with van der Waals surface area (Å²) in [5.74, 6) is 0.653. The summed E-state index contributed by atoms with van der Waals surface area (Å²) >= 11 is 0. The third-order valence-corrected chi connectivity index (χ3v) is 7.52. The molecule has 0 aliphatic heterocycles. The summed E-state index contributed by atoms with van der Waals surface area (Å²) in [6.45, 7) is 8.46. The number of nitrogens with one attached hydrogen (secondary N) is 1. The Morgan fingerprint density at radius 3 is 1.50 bits per heavy atom. The Bertz CT molecular complexity index is 1320. The van der Waals surface area contributed by atoms with E-state index in [2.05, 4.69) is 49.8 Å². The van der Waals surface area contributed by atoms with Gasteiger partial charge in [0.25, 0.3) is 0 Å². The first-order valence-corrected chi connectivity index (χ1v) is 13.7. The number of hydrogen-bond acceptors (Lipinski definition) is 3. The minimum atomic E-state index is -3.71. The fourth-order valence-electron chi connectivity index (χ4n) is 3.78. The van der Waals surface area contributed by atoms with Crippen molar-refractivity contribution in [2.45, 2.75) is 50.6 Å². The predicted molar refractivity (Wildman–Crippen MR) is 149 cm³/mol. The fraction of sp³-hybridized carbons (Fsp3) is 0.226. The first kappa shape index (κ1) is 33.7. The topological polar surface area (TPSA) is 72.2 Å². The minimum absolute atomic E-state index is 0. The van der Waals surface area contributed by atoms with Gasteiger partial charge in [-0.25, -0.2) is 13.1 Å². The number of benzene rings is 4. The smallest absolute Gasteiger partial charge is 1.00 e. The van der Waals surface area contributed by atoms with E-state index in [4.69, 9.17) is 5.73 Å². The second kappa shape index (κ2) is 15.9. The van der Waals surface area contributed by atoms with Crippen molar-refractivity contribution in [1.29, 1.82) is 0 Å². The zero-order chi connectivity index (χ0) is 26.1. The molecule has 0 amide bonds. The largest absolute Gasteiger partial charge is 1.00 e. The first-order valence-electron chi connectivity index (χ1n) is 12.2. The number of halogens is 1. The van der Waals surface area contributed by atoms with Crippen molar-refractivity contribution in [1.82, 2.24) is 4.72 Å². The molecule has 0 aromatic heterocycles. The van der Waals surface area contributed by atoms with Gasteiger partial charge in [0.1, 0.15) is 0 Å². The Morgan fingerprint density at radius 1 is 0.632 bits per heavy atom. The number of nitrogens with two attached hydrogens (primary N) is 1. The zero-order valence-corrected chi connectivity index (χ0v) is 25.5. The molecular weight excluding hydrogens is 601 g/mol. The van der Waals surface area contributed by atoms with Gasteiger partial charge in [-0.2, -0.15) is 0 Å². The van der Waals surface area contributed by atoms with E-state index in [-0.39, 0.29) is 36.8 Å². The van der Waals surface area contributed by atoms with Crippen LogP contribution in [0.4, 0.5) is 0 Å². The van der Waals surface area contributed by atoms with Gasteiger partial charge in [0, 0.05) is 0 Å². The molecule has 4 aromatic carbocycles. The molecule has 38 heavy (non-hydrogen) atoms. The Labute approximate surface area is 247 Å². The van der Waals surface area contributed by atoms with Gasteiger partial charge in [-0.15, -0.1) is 0 Å². The molecule has 0 fully saturated rings. The van der Waals surface area contributed by atoms with Crippen LogP contribution < -0.4 is 22.9 Å². The second-order valence-corrected chi connectivity index (χ2v) is 11.0. The molecule has 0 aliphatic carbocycles. The van der Waals surface area contributed by atoms with E-state index >= 15 is 0 Å². The van der Waals surface area contributed by atoms with Crippen molar-refractivity contribution in [2.24, 2.45) is 5.73 Å². The van der Waals surface area contributed by atoms with Gasteiger partial charge < -0.3 is 18.1 Å². The maximum atomic E-state index is 12.9. The molecular formula is C31H36ClN2O2RuS. The monoisotopic (exact) mass is 637 g/mol. The fourth-order valence-corrected chi connectivity index (χ4v) is 5.03. The summed E-state index contributed by atoms with van der Waals surface area (Å²) in [5, 5.41) is 0. The molecule has 4 rings (SSSR count). The maximum Gasteiger partial charge on any atom is 1.00 e. The van der Waals surface area contributed by atoms with Crippen LogP contribution in [0.5, 0.6) is 0 Å². The molecule has 1 radical (unpaired) electrons. The molecule has 0 bridgehead atoms. The molecule has 3 N–H and O–H groups in total. The second-order valence-electron chi connectivity index (χ2n) is 9.32. The number of hydrogen-bond donors (Lipinski definition) is 2. The van der Waals surface area contributed by atoms with E-state index in [1.165, 1.54) is 11.1 Å². The van der Waals surface area contributed by atoms with Crippen LogP contribution in [0.15, 0.2) is 114 Å². The molecule has 203 valence electrons. The van der Waals surface area contributed by atoms with Gasteiger partial charge in [-0.05, 0) is 48.6 Å². The molecule has 0 aliphatic rings. The van der Waals surface area contributed by atoms with Gasteiger partial charge >= 0.3 is 19.5 Å². The van der Waals surface area contributed by atoms with E-state index in [0.717, 1.165) is 16.7 Å². The molecule has 0 saturated carbocycles. The van der Waals surface area contributed by atoms with Crippen LogP contribution in [0.1, 0.15) is 59.7 Å². The van der Waals surface area contributed by atoms with Gasteiger partial charge in [-0.3, -0.25) is 0 Å². The van der Waals surface area contributed by atoms with E-state index in [1.807, 2.05) is 67.6 Å². The van der Waals surface area contributed by atoms with Crippen LogP contribution in [0.25, 0.3) is 0 Å². The van der Waals surface area contributed by atoms with Crippen LogP contribution in [0.2, 0.25) is 0 Å². The van der Waals surface area contributed by atoms with E-state index in [0.29, 0.717) is 5.92 Å². The van der Waals surface area contributed by atoms with Crippen molar-refractivity contribution in [3.63, 3.8) is 0 Å². The first-order chi connectivity index (χ1) is 17.2. The van der Waals surface area contributed by atoms with Gasteiger partial charge in [0.15, 0.2) is 0 Å². The summed E-state index contributed by atoms with van der Waals surface area (Å²) in [6.07, 6.45) is 0. The Kier molecular flexibility index (Phi) is 14.1. The summed E-state index contributed by atoms with van der Waals surface area (Å²) < 4.78 is 28.6. The SMILES string of the molecule is Cc1ccc(C(C)C)cc1.Cc1ccc(S(=O)(=O)N[C@@H](c2ccccc2)[C@@H](N)c2ccccc2)cc1.[Cl-].[Ru+]. The van der Waals surface area contributed by atoms with Gasteiger partial charge in [0.2, 0.25) is 10.0 Å². The standard InChI is InChI=1S/C21H22N2O2S.C10H14.ClH.Ru/c1-16-12-14-19(15-13-16)26(24,25)23-21(18-10-6-3-7-11-18)20(22)17-8-4-2-5-9-17;1-8(2)10-6-4-9(3)5-7-10;;/h2-15,20-21,23H,22H2,1H3;4-8H,1-3H3;1H;/q;;;+1/p-1/t20-,21-;;;/m0.../s1. The van der Waals surface area contributed by atoms with Crippen LogP contribution in [0, 0.1) is 13.8 Å². The molecule has 2 atom stereocenters. The minimum Gasteiger partial charge on any atom is -1.00 e. The van der Waals surface area contributed by atoms with E-state index in [9.17, 15) is 8.42 Å². The summed E-state index contributed by atoms with van der Waals surface area (Å²) in [6, 6.07) is 33.3. The molecule has 0 unspecified atom stereocenters. The molecule has 0 saturated heterocycles. The summed E-state index contributed by atoms with van der Waals surface area (Å²) in [5.41, 5.74) is 11.9. The average molecular weight is 637 g/mol. The van der Waals surface area contributed by atoms with Crippen LogP contribution in [-0.2, 0) is 29.5 Å². The van der Waals surface area contributed by atoms with Gasteiger partial charge in [0.05, 0.1) is 17.0 Å². The summed E-state index contributed by atoms with van der Waals surface area (Å²) in [4.78, 5) is 0.226. The third kappa shape index (κ3) is 9.76. The molecule has 0 spiro atoms. The maximum absolute atomic E-state index is 12.9. The quantitative estimate of drug-likeness (QED) is 0.303.